The summed E-state index contributed by atoms with van der Waals surface area (Å²) in [6.45, 7) is 3.75. The lowest BCUT2D eigenvalue weighted by Crippen LogP contribution is -2.37. The van der Waals surface area contributed by atoms with E-state index in [2.05, 4.69) is 40.4 Å². The standard InChI is InChI=1S/C22H25Cl2N3O/c1-26-11-8-16-12-15(4-7-20(16)26)21(27-9-2-3-10-27)14-25-22(28)18-13-17(23)5-6-19(18)24/h4-7,12-13,21H,2-3,8-11,14H2,1H3,(H,25,28)/t21-/m1/s1. The molecule has 28 heavy (non-hydrogen) atoms. The topological polar surface area (TPSA) is 35.6 Å². The van der Waals surface area contributed by atoms with Crippen molar-refractivity contribution in [3.8, 4) is 0 Å². The molecule has 2 heterocycles. The molecule has 1 saturated heterocycles. The summed E-state index contributed by atoms with van der Waals surface area (Å²) in [6.07, 6.45) is 3.49. The summed E-state index contributed by atoms with van der Waals surface area (Å²) in [5.74, 6) is -0.183. The quantitative estimate of drug-likeness (QED) is 0.774. The number of nitrogens with one attached hydrogen (secondary N) is 1. The van der Waals surface area contributed by atoms with E-state index in [0.717, 1.165) is 26.1 Å². The van der Waals surface area contributed by atoms with Gasteiger partial charge in [-0.15, -0.1) is 0 Å². The lowest BCUT2D eigenvalue weighted by molar-refractivity contribution is 0.0938. The predicted molar refractivity (Wildman–Crippen MR) is 116 cm³/mol. The number of hydrogen-bond acceptors (Lipinski definition) is 3. The second kappa shape index (κ2) is 8.32. The third kappa shape index (κ3) is 4.00. The number of anilines is 1. The maximum absolute atomic E-state index is 12.7. The zero-order valence-electron chi connectivity index (χ0n) is 16.0. The van der Waals surface area contributed by atoms with E-state index in [0.29, 0.717) is 22.2 Å². The number of halogens is 2. The minimum absolute atomic E-state index is 0.167. The van der Waals surface area contributed by atoms with Crippen molar-refractivity contribution in [2.45, 2.75) is 25.3 Å². The molecule has 0 spiro atoms. The molecule has 2 aromatic rings. The first-order chi connectivity index (χ1) is 13.5. The lowest BCUT2D eigenvalue weighted by atomic mass is 10.0. The summed E-state index contributed by atoms with van der Waals surface area (Å²) in [4.78, 5) is 17.5. The highest BCUT2D eigenvalue weighted by atomic mass is 35.5. The summed E-state index contributed by atoms with van der Waals surface area (Å²) < 4.78 is 0. The molecule has 4 rings (SSSR count). The number of amides is 1. The molecule has 0 radical (unpaired) electrons. The molecule has 2 aliphatic rings. The molecular formula is C22H25Cl2N3O. The predicted octanol–water partition coefficient (Wildman–Crippen LogP) is 4.55. The molecule has 1 amide bonds. The van der Waals surface area contributed by atoms with Crippen LogP contribution in [-0.4, -0.2) is 44.0 Å². The normalized spacial score (nSPS) is 17.6. The van der Waals surface area contributed by atoms with Crippen LogP contribution < -0.4 is 10.2 Å². The van der Waals surface area contributed by atoms with E-state index in [4.69, 9.17) is 23.2 Å². The van der Waals surface area contributed by atoms with Crippen molar-refractivity contribution in [2.24, 2.45) is 0 Å². The van der Waals surface area contributed by atoms with Gasteiger partial charge in [0.2, 0.25) is 0 Å². The summed E-state index contributed by atoms with van der Waals surface area (Å²) in [6, 6.07) is 11.9. The van der Waals surface area contributed by atoms with Gasteiger partial charge < -0.3 is 10.2 Å². The average molecular weight is 418 g/mol. The molecule has 148 valence electrons. The van der Waals surface area contributed by atoms with Gasteiger partial charge in [0.1, 0.15) is 0 Å². The molecule has 0 saturated carbocycles. The fourth-order valence-electron chi connectivity index (χ4n) is 4.26. The number of hydrogen-bond donors (Lipinski definition) is 1. The van der Waals surface area contributed by atoms with Crippen LogP contribution in [0.25, 0.3) is 0 Å². The minimum Gasteiger partial charge on any atom is -0.374 e. The number of carbonyl (C=O) groups excluding carboxylic acids is 1. The maximum atomic E-state index is 12.7. The molecule has 1 N–H and O–H groups in total. The van der Waals surface area contributed by atoms with Gasteiger partial charge in [0, 0.05) is 30.8 Å². The van der Waals surface area contributed by atoms with Gasteiger partial charge in [0.05, 0.1) is 16.6 Å². The first kappa shape index (κ1) is 19.6. The van der Waals surface area contributed by atoms with Gasteiger partial charge in [-0.2, -0.15) is 0 Å². The van der Waals surface area contributed by atoms with Crippen LogP contribution in [0.15, 0.2) is 36.4 Å². The van der Waals surface area contributed by atoms with Gasteiger partial charge in [-0.3, -0.25) is 9.69 Å². The number of fused-ring (bicyclic) bond motifs is 1. The number of benzene rings is 2. The Labute approximate surface area is 176 Å². The number of rotatable bonds is 5. The second-order valence-electron chi connectivity index (χ2n) is 7.65. The Kier molecular flexibility index (Phi) is 5.81. The van der Waals surface area contributed by atoms with E-state index in [9.17, 15) is 4.79 Å². The molecule has 1 fully saturated rings. The summed E-state index contributed by atoms with van der Waals surface area (Å²) >= 11 is 12.2. The number of likely N-dealkylation sites (N-methyl/N-ethyl adjacent to an activating group) is 1. The van der Waals surface area contributed by atoms with Crippen molar-refractivity contribution >= 4 is 34.8 Å². The lowest BCUT2D eigenvalue weighted by Gasteiger charge is -2.29. The van der Waals surface area contributed by atoms with E-state index >= 15 is 0 Å². The van der Waals surface area contributed by atoms with Gasteiger partial charge in [-0.1, -0.05) is 35.3 Å². The van der Waals surface area contributed by atoms with E-state index in [1.807, 2.05) is 0 Å². The number of likely N-dealkylation sites (tertiary alicyclic amines) is 1. The van der Waals surface area contributed by atoms with E-state index in [-0.39, 0.29) is 11.9 Å². The summed E-state index contributed by atoms with van der Waals surface area (Å²) in [5.41, 5.74) is 4.41. The summed E-state index contributed by atoms with van der Waals surface area (Å²) in [7, 11) is 2.14. The third-order valence-electron chi connectivity index (χ3n) is 5.83. The summed E-state index contributed by atoms with van der Waals surface area (Å²) in [5, 5.41) is 4.01. The van der Waals surface area contributed by atoms with Crippen LogP contribution in [0, 0.1) is 0 Å². The highest BCUT2D eigenvalue weighted by molar-refractivity contribution is 6.35. The first-order valence-corrected chi connectivity index (χ1v) is 10.6. The van der Waals surface area contributed by atoms with Gasteiger partial charge in [0.15, 0.2) is 0 Å². The highest BCUT2D eigenvalue weighted by Gasteiger charge is 2.26. The molecule has 0 bridgehead atoms. The largest absolute Gasteiger partial charge is 0.374 e. The van der Waals surface area contributed by atoms with Crippen LogP contribution >= 0.6 is 23.2 Å². The van der Waals surface area contributed by atoms with Gasteiger partial charge in [0.25, 0.3) is 5.91 Å². The first-order valence-electron chi connectivity index (χ1n) is 9.84. The Balaban J connectivity index is 1.54. The molecule has 1 atom stereocenters. The van der Waals surface area contributed by atoms with Crippen LogP contribution in [-0.2, 0) is 6.42 Å². The van der Waals surface area contributed by atoms with Gasteiger partial charge >= 0.3 is 0 Å². The van der Waals surface area contributed by atoms with E-state index < -0.39 is 0 Å². The molecule has 2 aromatic carbocycles. The van der Waals surface area contributed by atoms with Crippen molar-refractivity contribution in [1.29, 1.82) is 0 Å². The zero-order chi connectivity index (χ0) is 19.7. The van der Waals surface area contributed by atoms with Crippen molar-refractivity contribution < 1.29 is 4.79 Å². The third-order valence-corrected chi connectivity index (χ3v) is 6.39. The Bertz CT molecular complexity index is 880. The SMILES string of the molecule is CN1CCc2cc([C@@H](CNC(=O)c3cc(Cl)ccc3Cl)N3CCCC3)ccc21. The fraction of sp³-hybridized carbons (Fsp3) is 0.409. The molecule has 6 heteroatoms. The fourth-order valence-corrected chi connectivity index (χ4v) is 4.64. The van der Waals surface area contributed by atoms with Crippen LogP contribution in [0.5, 0.6) is 0 Å². The Hall–Kier alpha value is -1.75. The van der Waals surface area contributed by atoms with E-state index in [1.54, 1.807) is 18.2 Å². The molecule has 0 aromatic heterocycles. The molecule has 2 aliphatic heterocycles. The van der Waals surface area contributed by atoms with Crippen LogP contribution in [0.2, 0.25) is 10.0 Å². The van der Waals surface area contributed by atoms with Crippen LogP contribution in [0.4, 0.5) is 5.69 Å². The Morgan fingerprint density at radius 1 is 1.11 bits per heavy atom. The van der Waals surface area contributed by atoms with Crippen molar-refractivity contribution in [2.75, 3.05) is 38.1 Å². The van der Waals surface area contributed by atoms with Crippen molar-refractivity contribution in [1.82, 2.24) is 10.2 Å². The highest BCUT2D eigenvalue weighted by Crippen LogP contribution is 2.32. The van der Waals surface area contributed by atoms with Crippen LogP contribution in [0.1, 0.15) is 40.4 Å². The average Bonchev–Trinajstić information content (AvgIpc) is 3.34. The van der Waals surface area contributed by atoms with Gasteiger partial charge in [-0.25, -0.2) is 0 Å². The second-order valence-corrected chi connectivity index (χ2v) is 8.50. The Morgan fingerprint density at radius 2 is 1.89 bits per heavy atom. The smallest absolute Gasteiger partial charge is 0.252 e. The molecule has 0 aliphatic carbocycles. The zero-order valence-corrected chi connectivity index (χ0v) is 17.6. The molecule has 0 unspecified atom stereocenters. The molecular weight excluding hydrogens is 393 g/mol. The van der Waals surface area contributed by atoms with Crippen molar-refractivity contribution in [3.05, 3.63) is 63.1 Å². The number of carbonyl (C=O) groups is 1. The maximum Gasteiger partial charge on any atom is 0.252 e. The van der Waals surface area contributed by atoms with Gasteiger partial charge in [-0.05, 0) is 67.7 Å². The van der Waals surface area contributed by atoms with Crippen molar-refractivity contribution in [3.63, 3.8) is 0 Å². The van der Waals surface area contributed by atoms with E-state index in [1.165, 1.54) is 29.7 Å². The monoisotopic (exact) mass is 417 g/mol. The molecule has 4 nitrogen and oxygen atoms in total. The number of nitrogens with zero attached hydrogens (tertiary/aromatic N) is 2. The minimum atomic E-state index is -0.183. The van der Waals surface area contributed by atoms with Crippen LogP contribution in [0.3, 0.4) is 0 Å². The Morgan fingerprint density at radius 3 is 2.68 bits per heavy atom.